The summed E-state index contributed by atoms with van der Waals surface area (Å²) >= 11 is 0. The zero-order valence-corrected chi connectivity index (χ0v) is 11.8. The van der Waals surface area contributed by atoms with Crippen LogP contribution in [0.5, 0.6) is 0 Å². The minimum absolute atomic E-state index is 0.476. The molecule has 1 N–H and O–H groups in total. The molecular formula is C13H15FN2O5. The van der Waals surface area contributed by atoms with Gasteiger partial charge in [-0.15, -0.1) is 0 Å². The Hall–Kier alpha value is -2.51. The quantitative estimate of drug-likeness (QED) is 0.677. The van der Waals surface area contributed by atoms with Crippen LogP contribution in [0.3, 0.4) is 0 Å². The number of hydrogen-bond acceptors (Lipinski definition) is 4. The molecule has 0 heterocycles. The van der Waals surface area contributed by atoms with Gasteiger partial charge in [0.2, 0.25) is 0 Å². The largest absolute Gasteiger partial charge is 0.480 e. The number of nitrogens with zero attached hydrogens (tertiary/aromatic N) is 2. The smallest absolute Gasteiger partial charge is 0.323 e. The van der Waals surface area contributed by atoms with Gasteiger partial charge in [-0.2, -0.15) is 0 Å². The van der Waals surface area contributed by atoms with Crippen molar-refractivity contribution in [2.45, 2.75) is 26.3 Å². The minimum atomic E-state index is -1.27. The predicted molar refractivity (Wildman–Crippen MR) is 71.5 cm³/mol. The Balaban J connectivity index is 3.36. The molecule has 0 saturated heterocycles. The first-order chi connectivity index (χ1) is 9.54. The zero-order valence-electron chi connectivity index (χ0n) is 11.8. The van der Waals surface area contributed by atoms with E-state index in [1.165, 1.54) is 0 Å². The second-order valence-corrected chi connectivity index (χ2v) is 5.37. The number of halogens is 1. The number of carbonyl (C=O) groups is 2. The fourth-order valence-corrected chi connectivity index (χ4v) is 1.73. The monoisotopic (exact) mass is 298 g/mol. The lowest BCUT2D eigenvalue weighted by molar-refractivity contribution is -0.385. The van der Waals surface area contributed by atoms with E-state index in [-0.39, 0.29) is 0 Å². The van der Waals surface area contributed by atoms with E-state index < -0.39 is 46.0 Å². The van der Waals surface area contributed by atoms with E-state index in [1.807, 2.05) is 0 Å². The Morgan fingerprint density at radius 3 is 2.38 bits per heavy atom. The molecule has 1 aromatic carbocycles. The molecule has 1 aromatic rings. The van der Waals surface area contributed by atoms with Crippen LogP contribution in [0.15, 0.2) is 18.2 Å². The first-order valence-corrected chi connectivity index (χ1v) is 6.01. The van der Waals surface area contributed by atoms with Gasteiger partial charge in [0.05, 0.1) is 4.92 Å². The van der Waals surface area contributed by atoms with Crippen molar-refractivity contribution in [2.24, 2.45) is 0 Å². The molecule has 0 bridgehead atoms. The molecule has 0 spiro atoms. The van der Waals surface area contributed by atoms with Crippen molar-refractivity contribution in [3.8, 4) is 0 Å². The van der Waals surface area contributed by atoms with E-state index >= 15 is 0 Å². The van der Waals surface area contributed by atoms with Gasteiger partial charge in [0.1, 0.15) is 17.9 Å². The molecule has 0 aliphatic rings. The van der Waals surface area contributed by atoms with Crippen LogP contribution in [0.4, 0.5) is 10.1 Å². The van der Waals surface area contributed by atoms with Gasteiger partial charge < -0.3 is 10.0 Å². The summed E-state index contributed by atoms with van der Waals surface area (Å²) in [6.45, 7) is 4.10. The number of carboxylic acid groups (broad SMARTS) is 1. The van der Waals surface area contributed by atoms with Crippen LogP contribution < -0.4 is 0 Å². The van der Waals surface area contributed by atoms with Crippen molar-refractivity contribution in [3.05, 3.63) is 39.7 Å². The number of rotatable bonds is 4. The van der Waals surface area contributed by atoms with Gasteiger partial charge in [0, 0.05) is 11.6 Å². The number of hydrogen-bond donors (Lipinski definition) is 1. The number of aliphatic carboxylic acids is 1. The molecule has 0 unspecified atom stereocenters. The van der Waals surface area contributed by atoms with Gasteiger partial charge >= 0.3 is 5.97 Å². The van der Waals surface area contributed by atoms with Crippen molar-refractivity contribution < 1.29 is 24.0 Å². The van der Waals surface area contributed by atoms with Crippen LogP contribution in [-0.4, -0.2) is 38.9 Å². The summed E-state index contributed by atoms with van der Waals surface area (Å²) in [6, 6.07) is 2.48. The summed E-state index contributed by atoms with van der Waals surface area (Å²) in [4.78, 5) is 34.3. The van der Waals surface area contributed by atoms with E-state index in [9.17, 15) is 24.1 Å². The molecule has 0 fully saturated rings. The Kier molecular flexibility index (Phi) is 4.62. The van der Waals surface area contributed by atoms with E-state index in [0.717, 1.165) is 23.1 Å². The van der Waals surface area contributed by atoms with Crippen LogP contribution in [0, 0.1) is 15.9 Å². The van der Waals surface area contributed by atoms with Crippen LogP contribution >= 0.6 is 0 Å². The number of benzene rings is 1. The van der Waals surface area contributed by atoms with Crippen LogP contribution in [0.1, 0.15) is 31.1 Å². The second kappa shape index (κ2) is 5.86. The van der Waals surface area contributed by atoms with E-state index in [0.29, 0.717) is 0 Å². The first kappa shape index (κ1) is 16.5. The van der Waals surface area contributed by atoms with Crippen molar-refractivity contribution in [1.29, 1.82) is 0 Å². The number of nitro groups is 1. The fourth-order valence-electron chi connectivity index (χ4n) is 1.73. The molecule has 0 saturated carbocycles. The standard InChI is InChI=1S/C13H15FN2O5/c1-13(2,3)15(7-11(17)18)12(19)9-6-8(14)4-5-10(9)16(20)21/h4-6H,7H2,1-3H3,(H,17,18). The lowest BCUT2D eigenvalue weighted by Gasteiger charge is -2.34. The number of carbonyl (C=O) groups excluding carboxylic acids is 1. The molecule has 1 rings (SSSR count). The van der Waals surface area contributed by atoms with E-state index in [4.69, 9.17) is 5.11 Å². The average molecular weight is 298 g/mol. The summed E-state index contributed by atoms with van der Waals surface area (Å²) in [5.41, 5.74) is -1.94. The molecular weight excluding hydrogens is 283 g/mol. The van der Waals surface area contributed by atoms with Gasteiger partial charge in [-0.1, -0.05) is 0 Å². The molecule has 114 valence electrons. The molecule has 1 amide bonds. The summed E-state index contributed by atoms with van der Waals surface area (Å²) in [6.07, 6.45) is 0. The molecule has 8 heteroatoms. The Labute approximate surface area is 120 Å². The van der Waals surface area contributed by atoms with Gasteiger partial charge in [-0.25, -0.2) is 4.39 Å². The summed E-state index contributed by atoms with van der Waals surface area (Å²) in [7, 11) is 0. The zero-order chi connectivity index (χ0) is 16.4. The van der Waals surface area contributed by atoms with Crippen molar-refractivity contribution in [1.82, 2.24) is 4.90 Å². The van der Waals surface area contributed by atoms with Gasteiger partial charge in [-0.05, 0) is 32.9 Å². The SMILES string of the molecule is CC(C)(C)N(CC(=O)O)C(=O)c1cc(F)ccc1[N+](=O)[O-]. The predicted octanol–water partition coefficient (Wildman–Crippen LogP) is 2.06. The molecule has 0 aromatic heterocycles. The van der Waals surface area contributed by atoms with Gasteiger partial charge in [-0.3, -0.25) is 19.7 Å². The Morgan fingerprint density at radius 1 is 1.38 bits per heavy atom. The highest BCUT2D eigenvalue weighted by Crippen LogP contribution is 2.24. The maximum absolute atomic E-state index is 13.3. The summed E-state index contributed by atoms with van der Waals surface area (Å²) in [5, 5.41) is 19.8. The second-order valence-electron chi connectivity index (χ2n) is 5.37. The third-order valence-electron chi connectivity index (χ3n) is 2.73. The van der Waals surface area contributed by atoms with Crippen LogP contribution in [0.25, 0.3) is 0 Å². The number of nitro benzene ring substituents is 1. The van der Waals surface area contributed by atoms with Gasteiger partial charge in [0.25, 0.3) is 11.6 Å². The normalized spacial score (nSPS) is 11.0. The number of carboxylic acids is 1. The minimum Gasteiger partial charge on any atom is -0.480 e. The van der Waals surface area contributed by atoms with Crippen LogP contribution in [-0.2, 0) is 4.79 Å². The highest BCUT2D eigenvalue weighted by Gasteiger charge is 2.33. The lowest BCUT2D eigenvalue weighted by atomic mass is 10.0. The van der Waals surface area contributed by atoms with Crippen LogP contribution in [0.2, 0.25) is 0 Å². The third-order valence-corrected chi connectivity index (χ3v) is 2.73. The highest BCUT2D eigenvalue weighted by atomic mass is 19.1. The molecule has 0 aliphatic carbocycles. The van der Waals surface area contributed by atoms with Gasteiger partial charge in [0.15, 0.2) is 0 Å². The summed E-state index contributed by atoms with van der Waals surface area (Å²) in [5.74, 6) is -2.98. The van der Waals surface area contributed by atoms with Crippen molar-refractivity contribution in [3.63, 3.8) is 0 Å². The lowest BCUT2D eigenvalue weighted by Crippen LogP contribution is -2.48. The fraction of sp³-hybridized carbons (Fsp3) is 0.385. The van der Waals surface area contributed by atoms with E-state index in [2.05, 4.69) is 0 Å². The maximum atomic E-state index is 13.3. The molecule has 0 radical (unpaired) electrons. The van der Waals surface area contributed by atoms with Crippen molar-refractivity contribution >= 4 is 17.6 Å². The van der Waals surface area contributed by atoms with E-state index in [1.54, 1.807) is 20.8 Å². The molecule has 0 atom stereocenters. The Morgan fingerprint density at radius 2 is 1.95 bits per heavy atom. The molecule has 0 aliphatic heterocycles. The third kappa shape index (κ3) is 3.98. The highest BCUT2D eigenvalue weighted by molar-refractivity contribution is 5.99. The number of amides is 1. The van der Waals surface area contributed by atoms with Crippen molar-refractivity contribution in [2.75, 3.05) is 6.54 Å². The maximum Gasteiger partial charge on any atom is 0.323 e. The molecule has 7 nitrogen and oxygen atoms in total. The topological polar surface area (TPSA) is 101 Å². The average Bonchev–Trinajstić information content (AvgIpc) is 2.33. The first-order valence-electron chi connectivity index (χ1n) is 6.01. The Bertz CT molecular complexity index is 595. The molecule has 21 heavy (non-hydrogen) atoms. The summed E-state index contributed by atoms with van der Waals surface area (Å²) < 4.78 is 13.3.